The Balaban J connectivity index is 1.52. The number of benzene rings is 1. The highest BCUT2D eigenvalue weighted by atomic mass is 32.2. The van der Waals surface area contributed by atoms with E-state index in [1.54, 1.807) is 23.6 Å². The fraction of sp³-hybridized carbons (Fsp3) is 0.636. The van der Waals surface area contributed by atoms with E-state index < -0.39 is 14.6 Å². The van der Waals surface area contributed by atoms with Gasteiger partial charge in [0.15, 0.2) is 9.84 Å². The topological polar surface area (TPSA) is 84.0 Å². The van der Waals surface area contributed by atoms with Gasteiger partial charge in [-0.05, 0) is 45.2 Å². The molecule has 3 rings (SSSR count). The minimum Gasteiger partial charge on any atom is -0.493 e. The smallest absolute Gasteiger partial charge is 0.227 e. The van der Waals surface area contributed by atoms with Gasteiger partial charge in [0.25, 0.3) is 0 Å². The zero-order chi connectivity index (χ0) is 21.8. The Hall–Kier alpha value is -2.09. The number of nitrogens with zero attached hydrogens (tertiary/aromatic N) is 2. The number of carbonyl (C=O) groups is 2. The summed E-state index contributed by atoms with van der Waals surface area (Å²) in [6.07, 6.45) is 2.22. The van der Waals surface area contributed by atoms with Crippen LogP contribution < -0.4 is 4.74 Å². The fourth-order valence-corrected chi connectivity index (χ4v) is 5.41. The normalized spacial score (nSPS) is 23.5. The van der Waals surface area contributed by atoms with E-state index in [-0.39, 0.29) is 36.5 Å². The number of likely N-dealkylation sites (tertiary alicyclic amines) is 1. The van der Waals surface area contributed by atoms with E-state index in [0.717, 1.165) is 18.6 Å². The van der Waals surface area contributed by atoms with Gasteiger partial charge in [-0.25, -0.2) is 8.42 Å². The van der Waals surface area contributed by atoms with Crippen LogP contribution in [0, 0.1) is 5.92 Å². The average molecular weight is 437 g/mol. The molecule has 1 aromatic rings. The quantitative estimate of drug-likeness (QED) is 0.706. The third kappa shape index (κ3) is 5.33. The van der Waals surface area contributed by atoms with Crippen LogP contribution in [-0.2, 0) is 19.4 Å². The first-order valence-electron chi connectivity index (χ1n) is 10.7. The van der Waals surface area contributed by atoms with Crippen LogP contribution in [0.2, 0.25) is 0 Å². The molecule has 0 spiro atoms. The molecular formula is C22H32N2O5S. The second-order valence-electron chi connectivity index (χ2n) is 8.74. The van der Waals surface area contributed by atoms with Gasteiger partial charge in [0.05, 0.1) is 29.4 Å². The number of sulfone groups is 1. The zero-order valence-corrected chi connectivity index (χ0v) is 18.7. The van der Waals surface area contributed by atoms with E-state index in [0.29, 0.717) is 32.7 Å². The van der Waals surface area contributed by atoms with Crippen molar-refractivity contribution in [2.45, 2.75) is 44.3 Å². The van der Waals surface area contributed by atoms with Crippen molar-refractivity contribution in [1.29, 1.82) is 0 Å². The van der Waals surface area contributed by atoms with E-state index in [1.165, 1.54) is 0 Å². The van der Waals surface area contributed by atoms with Crippen molar-refractivity contribution >= 4 is 21.7 Å². The summed E-state index contributed by atoms with van der Waals surface area (Å²) in [5.41, 5.74) is 0. The van der Waals surface area contributed by atoms with Crippen molar-refractivity contribution in [1.82, 2.24) is 9.80 Å². The summed E-state index contributed by atoms with van der Waals surface area (Å²) in [5, 5.41) is 0. The summed E-state index contributed by atoms with van der Waals surface area (Å²) in [4.78, 5) is 29.1. The number of para-hydroxylation sites is 1. The minimum absolute atomic E-state index is 0.00205. The maximum Gasteiger partial charge on any atom is 0.227 e. The van der Waals surface area contributed by atoms with Crippen molar-refractivity contribution in [3.8, 4) is 5.75 Å². The Morgan fingerprint density at radius 1 is 1.10 bits per heavy atom. The number of hydrogen-bond acceptors (Lipinski definition) is 5. The van der Waals surface area contributed by atoms with Crippen LogP contribution in [0.25, 0.3) is 0 Å². The Labute approximate surface area is 179 Å². The van der Waals surface area contributed by atoms with Gasteiger partial charge in [-0.1, -0.05) is 18.2 Å². The highest BCUT2D eigenvalue weighted by Crippen LogP contribution is 2.27. The summed E-state index contributed by atoms with van der Waals surface area (Å²) in [7, 11) is -3.22. The molecule has 166 valence electrons. The Morgan fingerprint density at radius 3 is 2.57 bits per heavy atom. The number of amides is 2. The maximum absolute atomic E-state index is 13.1. The molecule has 1 aromatic carbocycles. The van der Waals surface area contributed by atoms with Crippen molar-refractivity contribution in [2.24, 2.45) is 5.92 Å². The summed E-state index contributed by atoms with van der Waals surface area (Å²) < 4.78 is 29.6. The number of hydrogen-bond donors (Lipinski definition) is 0. The maximum atomic E-state index is 13.1. The molecule has 0 aromatic heterocycles. The second kappa shape index (κ2) is 9.37. The lowest BCUT2D eigenvalue weighted by atomic mass is 9.96. The van der Waals surface area contributed by atoms with Crippen LogP contribution in [0.1, 0.15) is 39.5 Å². The highest BCUT2D eigenvalue weighted by molar-refractivity contribution is 7.92. The predicted octanol–water partition coefficient (Wildman–Crippen LogP) is 2.12. The lowest BCUT2D eigenvalue weighted by Gasteiger charge is -2.35. The van der Waals surface area contributed by atoms with Gasteiger partial charge in [0.2, 0.25) is 11.8 Å². The van der Waals surface area contributed by atoms with Crippen LogP contribution in [-0.4, -0.2) is 73.3 Å². The molecule has 8 heteroatoms. The van der Waals surface area contributed by atoms with Gasteiger partial charge < -0.3 is 14.5 Å². The molecule has 1 atom stereocenters. The van der Waals surface area contributed by atoms with E-state index in [4.69, 9.17) is 4.74 Å². The molecule has 2 fully saturated rings. The molecule has 0 saturated carbocycles. The number of ether oxygens (including phenoxy) is 1. The summed E-state index contributed by atoms with van der Waals surface area (Å²) in [6.45, 7) is 5.49. The zero-order valence-electron chi connectivity index (χ0n) is 17.9. The van der Waals surface area contributed by atoms with Crippen LogP contribution in [0.15, 0.2) is 30.3 Å². The van der Waals surface area contributed by atoms with Gasteiger partial charge >= 0.3 is 0 Å². The first-order chi connectivity index (χ1) is 14.2. The molecule has 0 N–H and O–H groups in total. The monoisotopic (exact) mass is 436 g/mol. The first-order valence-corrected chi connectivity index (χ1v) is 12.3. The van der Waals surface area contributed by atoms with Crippen LogP contribution in [0.3, 0.4) is 0 Å². The first kappa shape index (κ1) is 22.6. The second-order valence-corrected chi connectivity index (χ2v) is 11.5. The van der Waals surface area contributed by atoms with Crippen molar-refractivity contribution in [2.75, 3.05) is 38.5 Å². The summed E-state index contributed by atoms with van der Waals surface area (Å²) in [5.74, 6) is 0.430. The molecule has 0 radical (unpaired) electrons. The molecule has 2 aliphatic rings. The SMILES string of the molecule is CC1(C)CCN(C(=O)C2CCCN(C(=O)CCOc3ccccc3)C2)CCS1(=O)=O. The third-order valence-electron chi connectivity index (χ3n) is 6.22. The molecule has 1 unspecified atom stereocenters. The van der Waals surface area contributed by atoms with E-state index in [2.05, 4.69) is 0 Å². The van der Waals surface area contributed by atoms with E-state index in [1.807, 2.05) is 30.3 Å². The number of rotatable bonds is 5. The van der Waals surface area contributed by atoms with Gasteiger partial charge in [-0.3, -0.25) is 9.59 Å². The van der Waals surface area contributed by atoms with Gasteiger partial charge in [-0.15, -0.1) is 0 Å². The molecule has 30 heavy (non-hydrogen) atoms. The Morgan fingerprint density at radius 2 is 1.83 bits per heavy atom. The molecular weight excluding hydrogens is 404 g/mol. The largest absolute Gasteiger partial charge is 0.493 e. The van der Waals surface area contributed by atoms with Crippen molar-refractivity contribution in [3.05, 3.63) is 30.3 Å². The van der Waals surface area contributed by atoms with Crippen molar-refractivity contribution < 1.29 is 22.7 Å². The van der Waals surface area contributed by atoms with Crippen molar-refractivity contribution in [3.63, 3.8) is 0 Å². The van der Waals surface area contributed by atoms with Gasteiger partial charge in [0.1, 0.15) is 5.75 Å². The third-order valence-corrected chi connectivity index (χ3v) is 8.83. The molecule has 2 amide bonds. The van der Waals surface area contributed by atoms with Crippen LogP contribution in [0.5, 0.6) is 5.75 Å². The number of piperidine rings is 1. The minimum atomic E-state index is -3.22. The molecule has 2 heterocycles. The lowest BCUT2D eigenvalue weighted by molar-refractivity contribution is -0.141. The van der Waals surface area contributed by atoms with E-state index >= 15 is 0 Å². The summed E-state index contributed by atoms with van der Waals surface area (Å²) in [6, 6.07) is 9.37. The lowest BCUT2D eigenvalue weighted by Crippen LogP contribution is -2.47. The fourth-order valence-electron chi connectivity index (χ4n) is 3.99. The summed E-state index contributed by atoms with van der Waals surface area (Å²) >= 11 is 0. The van der Waals surface area contributed by atoms with Gasteiger partial charge in [0, 0.05) is 26.2 Å². The molecule has 2 aliphatic heterocycles. The number of carbonyl (C=O) groups excluding carboxylic acids is 2. The Bertz CT molecular complexity index is 854. The molecule has 0 aliphatic carbocycles. The average Bonchev–Trinajstić information content (AvgIpc) is 2.84. The predicted molar refractivity (Wildman–Crippen MR) is 115 cm³/mol. The Kier molecular flexibility index (Phi) is 7.06. The highest BCUT2D eigenvalue weighted by Gasteiger charge is 2.39. The van der Waals surface area contributed by atoms with Crippen LogP contribution in [0.4, 0.5) is 0 Å². The molecule has 7 nitrogen and oxygen atoms in total. The molecule has 2 saturated heterocycles. The standard InChI is InChI=1S/C22H32N2O5S/c1-22(2)11-13-23(14-16-30(22,27)28)21(26)18-7-6-12-24(17-18)20(25)10-15-29-19-8-4-3-5-9-19/h3-5,8-9,18H,6-7,10-17H2,1-2H3. The molecule has 0 bridgehead atoms. The van der Waals surface area contributed by atoms with Gasteiger partial charge in [-0.2, -0.15) is 0 Å². The van der Waals surface area contributed by atoms with Crippen LogP contribution >= 0.6 is 0 Å². The van der Waals surface area contributed by atoms with E-state index in [9.17, 15) is 18.0 Å².